The molecule has 1 aromatic carbocycles. The summed E-state index contributed by atoms with van der Waals surface area (Å²) in [7, 11) is 0. The lowest BCUT2D eigenvalue weighted by molar-refractivity contribution is -0.122. The van der Waals surface area contributed by atoms with Crippen LogP contribution in [0.25, 0.3) is 0 Å². The highest BCUT2D eigenvalue weighted by Crippen LogP contribution is 2.17. The number of nitrogens with zero attached hydrogens (tertiary/aromatic N) is 2. The Morgan fingerprint density at radius 2 is 1.85 bits per heavy atom. The van der Waals surface area contributed by atoms with Crippen molar-refractivity contribution < 1.29 is 14.0 Å². The molecule has 1 unspecified atom stereocenters. The third-order valence-electron chi connectivity index (χ3n) is 4.58. The molecule has 26 heavy (non-hydrogen) atoms. The zero-order chi connectivity index (χ0) is 18.5. The second kappa shape index (κ2) is 8.42. The smallest absolute Gasteiger partial charge is 0.264 e. The molecule has 2 aromatic rings. The number of benzene rings is 1. The summed E-state index contributed by atoms with van der Waals surface area (Å²) in [6, 6.07) is 9.21. The Bertz CT molecular complexity index is 741. The van der Waals surface area contributed by atoms with Gasteiger partial charge in [-0.15, -0.1) is 11.3 Å². The summed E-state index contributed by atoms with van der Waals surface area (Å²) in [4.78, 5) is 29.7. The number of anilines is 1. The van der Waals surface area contributed by atoms with Crippen LogP contribution in [0, 0.1) is 5.82 Å². The molecule has 1 saturated heterocycles. The maximum Gasteiger partial charge on any atom is 0.264 e. The molecular formula is C19H22FN3O2S. The second-order valence-corrected chi connectivity index (χ2v) is 7.17. The third kappa shape index (κ3) is 4.28. The zero-order valence-electron chi connectivity index (χ0n) is 14.7. The van der Waals surface area contributed by atoms with Crippen molar-refractivity contribution in [1.29, 1.82) is 0 Å². The van der Waals surface area contributed by atoms with Crippen LogP contribution in [0.2, 0.25) is 0 Å². The van der Waals surface area contributed by atoms with Crippen LogP contribution >= 0.6 is 11.3 Å². The Labute approximate surface area is 156 Å². The van der Waals surface area contributed by atoms with Crippen molar-refractivity contribution in [3.63, 3.8) is 0 Å². The van der Waals surface area contributed by atoms with E-state index in [2.05, 4.69) is 10.2 Å². The van der Waals surface area contributed by atoms with Crippen LogP contribution in [0.5, 0.6) is 0 Å². The number of piperazine rings is 1. The fourth-order valence-electron chi connectivity index (χ4n) is 3.16. The normalized spacial score (nSPS) is 16.3. The number of carbonyl (C=O) groups is 2. The number of carbonyl (C=O) groups excluding carboxylic acids is 2. The summed E-state index contributed by atoms with van der Waals surface area (Å²) < 4.78 is 13.0. The molecule has 1 aliphatic heterocycles. The maximum absolute atomic E-state index is 13.0. The van der Waals surface area contributed by atoms with Gasteiger partial charge >= 0.3 is 0 Å². The van der Waals surface area contributed by atoms with Crippen LogP contribution in [0.3, 0.4) is 0 Å². The molecule has 3 rings (SSSR count). The lowest BCUT2D eigenvalue weighted by atomic mass is 10.1. The van der Waals surface area contributed by atoms with Gasteiger partial charge in [-0.3, -0.25) is 14.5 Å². The van der Waals surface area contributed by atoms with E-state index in [1.54, 1.807) is 12.1 Å². The number of rotatable bonds is 5. The van der Waals surface area contributed by atoms with Gasteiger partial charge in [0.1, 0.15) is 5.82 Å². The number of hydrogen-bond acceptors (Lipinski definition) is 4. The molecule has 1 fully saturated rings. The molecule has 1 aromatic heterocycles. The average Bonchev–Trinajstić information content (AvgIpc) is 3.19. The number of amides is 2. The van der Waals surface area contributed by atoms with Crippen LogP contribution in [0.4, 0.5) is 10.1 Å². The van der Waals surface area contributed by atoms with Crippen LogP contribution in [0.15, 0.2) is 41.8 Å². The molecule has 7 heteroatoms. The number of thiophene rings is 1. The fourth-order valence-corrected chi connectivity index (χ4v) is 3.85. The fraction of sp³-hybridized carbons (Fsp3) is 0.368. The molecule has 0 radical (unpaired) electrons. The summed E-state index contributed by atoms with van der Waals surface area (Å²) >= 11 is 1.45. The molecule has 2 amide bonds. The average molecular weight is 375 g/mol. The predicted octanol–water partition coefficient (Wildman–Crippen LogP) is 3.06. The van der Waals surface area contributed by atoms with Gasteiger partial charge in [0.05, 0.1) is 10.9 Å². The summed E-state index contributed by atoms with van der Waals surface area (Å²) in [5, 5.41) is 4.75. The van der Waals surface area contributed by atoms with E-state index in [1.807, 2.05) is 29.3 Å². The minimum atomic E-state index is -0.332. The predicted molar refractivity (Wildman–Crippen MR) is 101 cm³/mol. The first-order chi connectivity index (χ1) is 12.6. The standard InChI is InChI=1S/C19H22FN3O2S/c1-2-16(18(24)21-15-7-5-14(20)6-8-15)22-9-11-23(12-10-22)19(25)17-4-3-13-26-17/h3-8,13,16H,2,9-12H2,1H3,(H,21,24). The molecule has 0 spiro atoms. The minimum Gasteiger partial charge on any atom is -0.335 e. The first-order valence-corrected chi connectivity index (χ1v) is 9.59. The summed E-state index contributed by atoms with van der Waals surface area (Å²) in [6.07, 6.45) is 0.673. The summed E-state index contributed by atoms with van der Waals surface area (Å²) in [5.41, 5.74) is 0.585. The molecular weight excluding hydrogens is 353 g/mol. The van der Waals surface area contributed by atoms with Crippen LogP contribution < -0.4 is 5.32 Å². The van der Waals surface area contributed by atoms with Crippen molar-refractivity contribution in [3.8, 4) is 0 Å². The van der Waals surface area contributed by atoms with Crippen molar-refractivity contribution in [2.24, 2.45) is 0 Å². The van der Waals surface area contributed by atoms with Gasteiger partial charge in [0.25, 0.3) is 5.91 Å². The third-order valence-corrected chi connectivity index (χ3v) is 5.43. The van der Waals surface area contributed by atoms with E-state index in [-0.39, 0.29) is 23.7 Å². The van der Waals surface area contributed by atoms with Crippen molar-refractivity contribution in [2.45, 2.75) is 19.4 Å². The molecule has 0 bridgehead atoms. The Balaban J connectivity index is 1.56. The first kappa shape index (κ1) is 18.5. The Hall–Kier alpha value is -2.25. The van der Waals surface area contributed by atoms with Gasteiger partial charge in [0, 0.05) is 31.9 Å². The summed E-state index contributed by atoms with van der Waals surface area (Å²) in [5.74, 6) is -0.373. The molecule has 5 nitrogen and oxygen atoms in total. The quantitative estimate of drug-likeness (QED) is 0.874. The second-order valence-electron chi connectivity index (χ2n) is 6.23. The summed E-state index contributed by atoms with van der Waals surface area (Å²) in [6.45, 7) is 4.51. The molecule has 0 saturated carbocycles. The van der Waals surface area contributed by atoms with Gasteiger partial charge in [-0.05, 0) is 42.1 Å². The van der Waals surface area contributed by atoms with E-state index in [1.165, 1.54) is 23.5 Å². The number of halogens is 1. The Morgan fingerprint density at radius 1 is 1.15 bits per heavy atom. The van der Waals surface area contributed by atoms with Gasteiger partial charge in [-0.25, -0.2) is 4.39 Å². The van der Waals surface area contributed by atoms with Crippen LogP contribution in [-0.2, 0) is 4.79 Å². The molecule has 1 atom stereocenters. The van der Waals surface area contributed by atoms with Crippen molar-refractivity contribution in [3.05, 3.63) is 52.5 Å². The lowest BCUT2D eigenvalue weighted by Gasteiger charge is -2.38. The highest BCUT2D eigenvalue weighted by atomic mass is 32.1. The molecule has 0 aliphatic carbocycles. The van der Waals surface area contributed by atoms with E-state index in [9.17, 15) is 14.0 Å². The first-order valence-electron chi connectivity index (χ1n) is 8.71. The van der Waals surface area contributed by atoms with Crippen molar-refractivity contribution in [1.82, 2.24) is 9.80 Å². The van der Waals surface area contributed by atoms with E-state index < -0.39 is 0 Å². The monoisotopic (exact) mass is 375 g/mol. The number of hydrogen-bond donors (Lipinski definition) is 1. The van der Waals surface area contributed by atoms with Crippen LogP contribution in [-0.4, -0.2) is 53.8 Å². The highest BCUT2D eigenvalue weighted by Gasteiger charge is 2.29. The molecule has 1 aliphatic rings. The Morgan fingerprint density at radius 3 is 2.42 bits per heavy atom. The van der Waals surface area contributed by atoms with Crippen molar-refractivity contribution >= 4 is 28.8 Å². The van der Waals surface area contributed by atoms with E-state index in [0.717, 1.165) is 4.88 Å². The van der Waals surface area contributed by atoms with E-state index in [0.29, 0.717) is 38.3 Å². The van der Waals surface area contributed by atoms with Crippen LogP contribution in [0.1, 0.15) is 23.0 Å². The van der Waals surface area contributed by atoms with Gasteiger partial charge < -0.3 is 10.2 Å². The van der Waals surface area contributed by atoms with E-state index >= 15 is 0 Å². The SMILES string of the molecule is CCC(C(=O)Nc1ccc(F)cc1)N1CCN(C(=O)c2cccs2)CC1. The zero-order valence-corrected chi connectivity index (χ0v) is 15.5. The van der Waals surface area contributed by atoms with Gasteiger partial charge in [0.2, 0.25) is 5.91 Å². The van der Waals surface area contributed by atoms with Gasteiger partial charge in [0.15, 0.2) is 0 Å². The number of nitrogens with one attached hydrogen (secondary N) is 1. The molecule has 2 heterocycles. The van der Waals surface area contributed by atoms with Crippen molar-refractivity contribution in [2.75, 3.05) is 31.5 Å². The largest absolute Gasteiger partial charge is 0.335 e. The topological polar surface area (TPSA) is 52.7 Å². The van der Waals surface area contributed by atoms with E-state index in [4.69, 9.17) is 0 Å². The minimum absolute atomic E-state index is 0.0588. The molecule has 1 N–H and O–H groups in total. The van der Waals surface area contributed by atoms with Gasteiger partial charge in [-0.1, -0.05) is 13.0 Å². The lowest BCUT2D eigenvalue weighted by Crippen LogP contribution is -2.54. The molecule has 138 valence electrons. The highest BCUT2D eigenvalue weighted by molar-refractivity contribution is 7.12. The maximum atomic E-state index is 13.0. The Kier molecular flexibility index (Phi) is 6.00. The van der Waals surface area contributed by atoms with Gasteiger partial charge in [-0.2, -0.15) is 0 Å².